The highest BCUT2D eigenvalue weighted by molar-refractivity contribution is 5.82. The lowest BCUT2D eigenvalue weighted by Gasteiger charge is -1.89. The highest BCUT2D eigenvalue weighted by Crippen LogP contribution is 1.90. The molecule has 0 aromatic carbocycles. The van der Waals surface area contributed by atoms with Gasteiger partial charge >= 0.3 is 5.97 Å². The molecule has 3 heteroatoms. The Morgan fingerprint density at radius 3 is 2.73 bits per heavy atom. The van der Waals surface area contributed by atoms with E-state index < -0.39 is 5.97 Å². The second-order valence-corrected chi connectivity index (χ2v) is 2.05. The largest absolute Gasteiger partial charge is 0.466 e. The van der Waals surface area contributed by atoms with E-state index in [0.29, 0.717) is 0 Å². The molecule has 0 saturated carbocycles. The Kier molecular flexibility index (Phi) is 5.11. The molecule has 0 amide bonds. The number of carbonyl (C=O) groups is 1. The number of aliphatic hydroxyl groups excluding tert-OH is 1. The number of esters is 1. The van der Waals surface area contributed by atoms with E-state index in [9.17, 15) is 4.79 Å². The third kappa shape index (κ3) is 5.36. The molecule has 0 heterocycles. The molecular formula is C8H12O3. The summed E-state index contributed by atoms with van der Waals surface area (Å²) in [6.07, 6.45) is 4.48. The number of aliphatic hydroxyl groups is 1. The van der Waals surface area contributed by atoms with E-state index in [2.05, 4.69) is 4.74 Å². The minimum absolute atomic E-state index is 0.00547. The van der Waals surface area contributed by atoms with Crippen molar-refractivity contribution in [1.82, 2.24) is 0 Å². The summed E-state index contributed by atoms with van der Waals surface area (Å²) in [5, 5.41) is 8.54. The van der Waals surface area contributed by atoms with Gasteiger partial charge in [0.25, 0.3) is 0 Å². The summed E-state index contributed by atoms with van der Waals surface area (Å²) in [4.78, 5) is 10.5. The smallest absolute Gasteiger partial charge is 0.330 e. The molecule has 62 valence electrons. The van der Waals surface area contributed by atoms with Crippen LogP contribution in [0.3, 0.4) is 0 Å². The Morgan fingerprint density at radius 2 is 2.27 bits per heavy atom. The topological polar surface area (TPSA) is 46.5 Å². The Labute approximate surface area is 66.0 Å². The fourth-order valence-electron chi connectivity index (χ4n) is 0.412. The van der Waals surface area contributed by atoms with Crippen LogP contribution in [0.4, 0.5) is 0 Å². The van der Waals surface area contributed by atoms with Gasteiger partial charge in [-0.1, -0.05) is 12.2 Å². The number of ether oxygens (including phenoxy) is 1. The first-order chi connectivity index (χ1) is 5.20. The lowest BCUT2D eigenvalue weighted by molar-refractivity contribution is -0.134. The molecule has 0 aromatic heterocycles. The fourth-order valence-corrected chi connectivity index (χ4v) is 0.412. The Hall–Kier alpha value is -1.09. The Bertz CT molecular complexity index is 180. The molecule has 0 radical (unpaired) electrons. The van der Waals surface area contributed by atoms with E-state index >= 15 is 0 Å². The Balaban J connectivity index is 3.85. The van der Waals surface area contributed by atoms with Crippen LogP contribution in [0, 0.1) is 0 Å². The first-order valence-electron chi connectivity index (χ1n) is 3.23. The normalized spacial score (nSPS) is 12.1. The standard InChI is InChI=1S/C8H12O3/c1-7(6-9)4-3-5-8(10)11-2/h3-5,9H,6H2,1-2H3/b5-3+,7-4-. The van der Waals surface area contributed by atoms with Gasteiger partial charge in [0.2, 0.25) is 0 Å². The Morgan fingerprint density at radius 1 is 1.64 bits per heavy atom. The second-order valence-electron chi connectivity index (χ2n) is 2.05. The molecule has 0 unspecified atom stereocenters. The molecule has 0 spiro atoms. The quantitative estimate of drug-likeness (QED) is 0.371. The number of allylic oxidation sites excluding steroid dienone is 2. The van der Waals surface area contributed by atoms with Crippen molar-refractivity contribution in [2.24, 2.45) is 0 Å². The zero-order valence-electron chi connectivity index (χ0n) is 6.70. The van der Waals surface area contributed by atoms with Crippen LogP contribution in [-0.4, -0.2) is 24.8 Å². The molecule has 11 heavy (non-hydrogen) atoms. The van der Waals surface area contributed by atoms with Gasteiger partial charge in [0.1, 0.15) is 0 Å². The summed E-state index contributed by atoms with van der Waals surface area (Å²) in [7, 11) is 1.31. The summed E-state index contributed by atoms with van der Waals surface area (Å²) in [5.74, 6) is -0.396. The highest BCUT2D eigenvalue weighted by Gasteiger charge is 1.87. The second kappa shape index (κ2) is 5.68. The fraction of sp³-hybridized carbons (Fsp3) is 0.375. The van der Waals surface area contributed by atoms with Crippen LogP contribution in [0.1, 0.15) is 6.92 Å². The van der Waals surface area contributed by atoms with E-state index in [1.54, 1.807) is 13.0 Å². The zero-order chi connectivity index (χ0) is 8.69. The minimum atomic E-state index is -0.396. The maximum Gasteiger partial charge on any atom is 0.330 e. The number of carbonyl (C=O) groups excluding carboxylic acids is 1. The van der Waals surface area contributed by atoms with Crippen LogP contribution < -0.4 is 0 Å². The average Bonchev–Trinajstić information content (AvgIpc) is 2.04. The van der Waals surface area contributed by atoms with Crippen molar-refractivity contribution in [3.63, 3.8) is 0 Å². The molecular weight excluding hydrogens is 144 g/mol. The third-order valence-corrected chi connectivity index (χ3v) is 1.06. The molecule has 0 aliphatic rings. The van der Waals surface area contributed by atoms with Crippen LogP contribution >= 0.6 is 0 Å². The molecule has 3 nitrogen and oxygen atoms in total. The van der Waals surface area contributed by atoms with Gasteiger partial charge in [-0.05, 0) is 12.5 Å². The van der Waals surface area contributed by atoms with E-state index in [-0.39, 0.29) is 6.61 Å². The number of hydrogen-bond donors (Lipinski definition) is 1. The predicted molar refractivity (Wildman–Crippen MR) is 42.0 cm³/mol. The summed E-state index contributed by atoms with van der Waals surface area (Å²) in [6, 6.07) is 0. The van der Waals surface area contributed by atoms with Gasteiger partial charge in [-0.25, -0.2) is 4.79 Å². The van der Waals surface area contributed by atoms with Crippen molar-refractivity contribution in [2.45, 2.75) is 6.92 Å². The molecule has 0 aliphatic carbocycles. The summed E-state index contributed by atoms with van der Waals surface area (Å²) < 4.78 is 4.35. The van der Waals surface area contributed by atoms with Gasteiger partial charge < -0.3 is 9.84 Å². The first-order valence-corrected chi connectivity index (χ1v) is 3.23. The molecule has 0 saturated heterocycles. The van der Waals surface area contributed by atoms with Crippen molar-refractivity contribution in [2.75, 3.05) is 13.7 Å². The lowest BCUT2D eigenvalue weighted by atomic mass is 10.3. The lowest BCUT2D eigenvalue weighted by Crippen LogP contribution is -1.93. The number of methoxy groups -OCH3 is 1. The van der Waals surface area contributed by atoms with Gasteiger partial charge in [-0.2, -0.15) is 0 Å². The van der Waals surface area contributed by atoms with Crippen LogP contribution in [0.15, 0.2) is 23.8 Å². The van der Waals surface area contributed by atoms with Crippen LogP contribution in [0.5, 0.6) is 0 Å². The molecule has 0 aromatic rings. The maximum atomic E-state index is 10.5. The van der Waals surface area contributed by atoms with Crippen molar-refractivity contribution >= 4 is 5.97 Å². The molecule has 0 rings (SSSR count). The van der Waals surface area contributed by atoms with E-state index in [1.807, 2.05) is 0 Å². The van der Waals surface area contributed by atoms with E-state index in [1.165, 1.54) is 19.3 Å². The van der Waals surface area contributed by atoms with Crippen molar-refractivity contribution in [3.8, 4) is 0 Å². The first kappa shape index (κ1) is 9.91. The van der Waals surface area contributed by atoms with Crippen LogP contribution in [0.25, 0.3) is 0 Å². The molecule has 0 bridgehead atoms. The van der Waals surface area contributed by atoms with Crippen molar-refractivity contribution < 1.29 is 14.6 Å². The van der Waals surface area contributed by atoms with E-state index in [0.717, 1.165) is 5.57 Å². The molecule has 0 aliphatic heterocycles. The van der Waals surface area contributed by atoms with Crippen molar-refractivity contribution in [3.05, 3.63) is 23.8 Å². The van der Waals surface area contributed by atoms with Crippen molar-refractivity contribution in [1.29, 1.82) is 0 Å². The van der Waals surface area contributed by atoms with E-state index in [4.69, 9.17) is 5.11 Å². The third-order valence-electron chi connectivity index (χ3n) is 1.06. The van der Waals surface area contributed by atoms with Gasteiger partial charge in [0.15, 0.2) is 0 Å². The number of hydrogen-bond acceptors (Lipinski definition) is 3. The predicted octanol–water partition coefficient (Wildman–Crippen LogP) is 0.654. The zero-order valence-corrected chi connectivity index (χ0v) is 6.70. The highest BCUT2D eigenvalue weighted by atomic mass is 16.5. The van der Waals surface area contributed by atoms with Gasteiger partial charge in [-0.3, -0.25) is 0 Å². The minimum Gasteiger partial charge on any atom is -0.466 e. The SMILES string of the molecule is COC(=O)/C=C/C=C(/C)CO. The van der Waals surface area contributed by atoms with Gasteiger partial charge in [-0.15, -0.1) is 0 Å². The summed E-state index contributed by atoms with van der Waals surface area (Å²) in [6.45, 7) is 1.77. The van der Waals surface area contributed by atoms with Gasteiger partial charge in [0.05, 0.1) is 13.7 Å². The summed E-state index contributed by atoms with van der Waals surface area (Å²) in [5.41, 5.74) is 0.796. The monoisotopic (exact) mass is 156 g/mol. The van der Waals surface area contributed by atoms with Gasteiger partial charge in [0, 0.05) is 6.08 Å². The molecule has 0 atom stereocenters. The summed E-state index contributed by atoms with van der Waals surface area (Å²) >= 11 is 0. The number of rotatable bonds is 3. The van der Waals surface area contributed by atoms with Crippen LogP contribution in [0.2, 0.25) is 0 Å². The molecule has 0 fully saturated rings. The van der Waals surface area contributed by atoms with Crippen LogP contribution in [-0.2, 0) is 9.53 Å². The molecule has 1 N–H and O–H groups in total. The maximum absolute atomic E-state index is 10.5. The average molecular weight is 156 g/mol.